The maximum absolute atomic E-state index is 13.4. The van der Waals surface area contributed by atoms with E-state index in [2.05, 4.69) is 52.0 Å². The standard InChI is InChI=1S/C34H58O8S2/c1-9-33(7)15-11-13-23(3)31(33)27(35)19-25(5)29(43(37)38)21-41-17-18-42-22-30(44(39)40)26(6)20-28(36)32-24(4)14-12-16-34(32,8)10-2/h11-14,23-26,29-32H,9-10,15-22H2,1-8H3,(H,37,38)(H,39,40)/p-2. The molecule has 0 saturated heterocycles. The van der Waals surface area contributed by atoms with Crippen LogP contribution in [0.25, 0.3) is 0 Å². The summed E-state index contributed by atoms with van der Waals surface area (Å²) in [6.07, 6.45) is 12.2. The quantitative estimate of drug-likeness (QED) is 0.0945. The van der Waals surface area contributed by atoms with E-state index in [1.165, 1.54) is 0 Å². The lowest BCUT2D eigenvalue weighted by molar-refractivity contribution is -0.130. The Bertz CT molecular complexity index is 978. The lowest BCUT2D eigenvalue weighted by Crippen LogP contribution is -2.41. The molecule has 10 heteroatoms. The molecule has 8 nitrogen and oxygen atoms in total. The Balaban J connectivity index is 1.85. The first-order valence-electron chi connectivity index (χ1n) is 16.3. The third kappa shape index (κ3) is 10.2. The van der Waals surface area contributed by atoms with Crippen LogP contribution < -0.4 is 0 Å². The highest BCUT2D eigenvalue weighted by Crippen LogP contribution is 2.46. The van der Waals surface area contributed by atoms with Crippen molar-refractivity contribution in [1.29, 1.82) is 0 Å². The zero-order valence-corrected chi connectivity index (χ0v) is 29.7. The predicted octanol–water partition coefficient (Wildman–Crippen LogP) is 5.96. The van der Waals surface area contributed by atoms with Gasteiger partial charge in [-0.25, -0.2) is 0 Å². The number of hydrogen-bond acceptors (Lipinski definition) is 8. The van der Waals surface area contributed by atoms with Crippen LogP contribution in [-0.2, 0) is 41.2 Å². The maximum Gasteiger partial charge on any atom is 0.137 e. The van der Waals surface area contributed by atoms with Crippen LogP contribution in [0.4, 0.5) is 0 Å². The van der Waals surface area contributed by atoms with Crippen molar-refractivity contribution >= 4 is 33.7 Å². The lowest BCUT2D eigenvalue weighted by atomic mass is 9.62. The monoisotopic (exact) mass is 656 g/mol. The fraction of sp³-hybridized carbons (Fsp3) is 0.824. The van der Waals surface area contributed by atoms with Crippen LogP contribution in [0.2, 0.25) is 0 Å². The van der Waals surface area contributed by atoms with Crippen molar-refractivity contribution in [3.05, 3.63) is 24.3 Å². The topological polar surface area (TPSA) is 133 Å². The molecule has 2 rings (SSSR count). The molecule has 2 aliphatic rings. The SMILES string of the molecule is CCC1(C)CC=CC(C)C1C(=O)CC(C)C(COCCOCC(C(C)CC(=O)C1C(C)C=CCC1(C)CC)S(=O)[O-])S(=O)[O-]. The molecule has 0 amide bonds. The zero-order chi connectivity index (χ0) is 33.2. The van der Waals surface area contributed by atoms with Crippen LogP contribution in [0.3, 0.4) is 0 Å². The predicted molar refractivity (Wildman–Crippen MR) is 174 cm³/mol. The molecule has 0 heterocycles. The number of carbonyl (C=O) groups excluding carboxylic acids is 2. The highest BCUT2D eigenvalue weighted by Gasteiger charge is 2.43. The van der Waals surface area contributed by atoms with Gasteiger partial charge in [0.05, 0.1) is 26.4 Å². The Morgan fingerprint density at radius 3 is 1.41 bits per heavy atom. The minimum atomic E-state index is -2.43. The summed E-state index contributed by atoms with van der Waals surface area (Å²) in [7, 11) is 0. The Morgan fingerprint density at radius 2 is 1.11 bits per heavy atom. The second kappa shape index (κ2) is 17.8. The summed E-state index contributed by atoms with van der Waals surface area (Å²) < 4.78 is 59.5. The Hall–Kier alpha value is -1.04. The minimum absolute atomic E-state index is 0.0783. The molecule has 0 saturated carbocycles. The van der Waals surface area contributed by atoms with Gasteiger partial charge in [0.1, 0.15) is 11.6 Å². The van der Waals surface area contributed by atoms with Crippen molar-refractivity contribution in [2.24, 2.45) is 46.3 Å². The van der Waals surface area contributed by atoms with E-state index < -0.39 is 44.5 Å². The molecule has 0 N–H and O–H groups in total. The van der Waals surface area contributed by atoms with Crippen LogP contribution in [0.5, 0.6) is 0 Å². The Kier molecular flexibility index (Phi) is 15.8. The van der Waals surface area contributed by atoms with Crippen molar-refractivity contribution in [3.63, 3.8) is 0 Å². The van der Waals surface area contributed by atoms with Crippen molar-refractivity contribution < 1.29 is 36.6 Å². The van der Waals surface area contributed by atoms with Gasteiger partial charge in [-0.3, -0.25) is 18.0 Å². The molecular weight excluding hydrogens is 601 g/mol. The number of hydrogen-bond donors (Lipinski definition) is 0. The second-order valence-electron chi connectivity index (χ2n) is 14.0. The second-order valence-corrected chi connectivity index (χ2v) is 16.2. The van der Waals surface area contributed by atoms with E-state index in [4.69, 9.17) is 9.47 Å². The molecule has 0 aromatic heterocycles. The summed E-state index contributed by atoms with van der Waals surface area (Å²) in [5.74, 6) is -0.721. The molecule has 0 bridgehead atoms. The molecule has 44 heavy (non-hydrogen) atoms. The average Bonchev–Trinajstić information content (AvgIpc) is 2.93. The van der Waals surface area contributed by atoms with E-state index in [0.717, 1.165) is 25.7 Å². The molecule has 0 aromatic carbocycles. The molecule has 254 valence electrons. The first-order valence-corrected chi connectivity index (χ1v) is 18.6. The Morgan fingerprint density at radius 1 is 0.773 bits per heavy atom. The number of Topliss-reactive ketones (excluding diaryl/α,β-unsaturated/α-hetero) is 2. The van der Waals surface area contributed by atoms with Crippen molar-refractivity contribution in [1.82, 2.24) is 0 Å². The first-order chi connectivity index (χ1) is 20.6. The van der Waals surface area contributed by atoms with E-state index in [-0.39, 0.29) is 85.3 Å². The summed E-state index contributed by atoms with van der Waals surface area (Å²) in [6.45, 7) is 16.1. The van der Waals surface area contributed by atoms with Crippen molar-refractivity contribution in [2.75, 3.05) is 26.4 Å². The van der Waals surface area contributed by atoms with Gasteiger partial charge < -0.3 is 18.6 Å². The van der Waals surface area contributed by atoms with E-state index >= 15 is 0 Å². The number of ether oxygens (including phenoxy) is 2. The highest BCUT2D eigenvalue weighted by atomic mass is 32.2. The number of rotatable bonds is 19. The fourth-order valence-electron chi connectivity index (χ4n) is 7.43. The van der Waals surface area contributed by atoms with Gasteiger partial charge in [-0.1, -0.05) is 79.7 Å². The summed E-state index contributed by atoms with van der Waals surface area (Å²) in [4.78, 5) is 26.7. The van der Waals surface area contributed by atoms with Gasteiger partial charge in [-0.2, -0.15) is 0 Å². The van der Waals surface area contributed by atoms with Gasteiger partial charge in [0.25, 0.3) is 0 Å². The zero-order valence-electron chi connectivity index (χ0n) is 28.1. The van der Waals surface area contributed by atoms with Crippen LogP contribution in [0.1, 0.15) is 93.9 Å². The van der Waals surface area contributed by atoms with Gasteiger partial charge >= 0.3 is 0 Å². The number of carbonyl (C=O) groups is 2. The van der Waals surface area contributed by atoms with Gasteiger partial charge in [0.15, 0.2) is 0 Å². The van der Waals surface area contributed by atoms with Crippen molar-refractivity contribution in [3.8, 4) is 0 Å². The molecule has 0 fully saturated rings. The molecule has 0 radical (unpaired) electrons. The van der Waals surface area contributed by atoms with Crippen LogP contribution in [0.15, 0.2) is 24.3 Å². The molecule has 12 atom stereocenters. The third-order valence-corrected chi connectivity index (χ3v) is 12.8. The molecule has 12 unspecified atom stereocenters. The van der Waals surface area contributed by atoms with Crippen LogP contribution >= 0.6 is 0 Å². The van der Waals surface area contributed by atoms with Crippen LogP contribution in [-0.4, -0.2) is 66.0 Å². The normalized spacial score (nSPS) is 32.9. The van der Waals surface area contributed by atoms with E-state index in [9.17, 15) is 27.1 Å². The van der Waals surface area contributed by atoms with E-state index in [1.54, 1.807) is 13.8 Å². The molecule has 0 aromatic rings. The van der Waals surface area contributed by atoms with E-state index in [1.807, 2.05) is 13.8 Å². The van der Waals surface area contributed by atoms with Gasteiger partial charge in [0.2, 0.25) is 0 Å². The van der Waals surface area contributed by atoms with E-state index in [0.29, 0.717) is 0 Å². The number of ketones is 2. The molecular formula is C34H56O8S2-2. The van der Waals surface area contributed by atoms with Crippen molar-refractivity contribution in [2.45, 2.75) is 104 Å². The average molecular weight is 657 g/mol. The third-order valence-electron chi connectivity index (χ3n) is 10.7. The summed E-state index contributed by atoms with van der Waals surface area (Å²) >= 11 is -4.86. The van der Waals surface area contributed by atoms with Crippen LogP contribution in [0, 0.1) is 46.3 Å². The maximum atomic E-state index is 13.4. The lowest BCUT2D eigenvalue weighted by Gasteiger charge is -2.42. The van der Waals surface area contributed by atoms with Gasteiger partial charge in [-0.15, -0.1) is 0 Å². The Labute approximate surface area is 271 Å². The first kappa shape index (κ1) is 39.1. The summed E-state index contributed by atoms with van der Waals surface area (Å²) in [6, 6.07) is 0. The van der Waals surface area contributed by atoms with Gasteiger partial charge in [-0.05, 0) is 82.3 Å². The minimum Gasteiger partial charge on any atom is -0.772 e. The smallest absolute Gasteiger partial charge is 0.137 e. The van der Waals surface area contributed by atoms with Gasteiger partial charge in [0, 0.05) is 35.2 Å². The highest BCUT2D eigenvalue weighted by molar-refractivity contribution is 7.80. The summed E-state index contributed by atoms with van der Waals surface area (Å²) in [5.41, 5.74) is -0.272. The largest absolute Gasteiger partial charge is 0.772 e. The molecule has 0 aliphatic heterocycles. The summed E-state index contributed by atoms with van der Waals surface area (Å²) in [5, 5.41) is -1.69. The number of allylic oxidation sites excluding steroid dienone is 4. The fourth-order valence-corrected chi connectivity index (χ4v) is 8.79. The molecule has 0 spiro atoms. The molecule has 2 aliphatic carbocycles.